The standard InChI is InChI=1S/C32H30O11/c1-39-16-42-18-14-21-27(32(38)29-20(30(21)36)9-7-11-24(29)41-3)22(15-18)31(37)28-19(8-6-12-25(28)43-17-40-2)23(33)10-4-5-13-26(34)35/h6-9,11-12,14-15H,4-5,10,13,16-17H2,1-3H3,(H,34,35). The van der Waals surface area contributed by atoms with Gasteiger partial charge in [-0.05, 0) is 37.1 Å². The van der Waals surface area contributed by atoms with E-state index >= 15 is 0 Å². The van der Waals surface area contributed by atoms with Crippen LogP contribution in [0.1, 0.15) is 83.8 Å². The molecule has 0 spiro atoms. The van der Waals surface area contributed by atoms with Crippen LogP contribution in [0.4, 0.5) is 0 Å². The molecule has 0 amide bonds. The molecule has 3 aromatic carbocycles. The summed E-state index contributed by atoms with van der Waals surface area (Å²) >= 11 is 0. The molecule has 43 heavy (non-hydrogen) atoms. The van der Waals surface area contributed by atoms with E-state index in [9.17, 15) is 24.0 Å². The lowest BCUT2D eigenvalue weighted by molar-refractivity contribution is -0.137. The van der Waals surface area contributed by atoms with Gasteiger partial charge in [-0.25, -0.2) is 0 Å². The van der Waals surface area contributed by atoms with Crippen molar-refractivity contribution in [2.45, 2.75) is 25.7 Å². The lowest BCUT2D eigenvalue weighted by Crippen LogP contribution is -2.26. The number of unbranched alkanes of at least 4 members (excludes halogenated alkanes) is 1. The quantitative estimate of drug-likeness (QED) is 0.118. The summed E-state index contributed by atoms with van der Waals surface area (Å²) in [6.45, 7) is -0.444. The summed E-state index contributed by atoms with van der Waals surface area (Å²) in [6.07, 6.45) is 0.422. The first kappa shape index (κ1) is 31.1. The van der Waals surface area contributed by atoms with Crippen molar-refractivity contribution in [3.05, 3.63) is 87.5 Å². The second-order valence-electron chi connectivity index (χ2n) is 9.57. The second kappa shape index (κ2) is 13.9. The molecule has 11 nitrogen and oxygen atoms in total. The zero-order chi connectivity index (χ0) is 31.1. The molecule has 0 saturated carbocycles. The number of hydrogen-bond acceptors (Lipinski definition) is 10. The smallest absolute Gasteiger partial charge is 0.303 e. The molecule has 0 radical (unpaired) electrons. The van der Waals surface area contributed by atoms with Gasteiger partial charge in [0.2, 0.25) is 0 Å². The normalized spacial score (nSPS) is 11.9. The van der Waals surface area contributed by atoms with Crippen molar-refractivity contribution >= 4 is 29.1 Å². The van der Waals surface area contributed by atoms with Gasteiger partial charge in [-0.1, -0.05) is 24.3 Å². The van der Waals surface area contributed by atoms with E-state index in [-0.39, 0.29) is 95.5 Å². The number of rotatable bonds is 15. The first-order chi connectivity index (χ1) is 20.7. The number of ketones is 4. The minimum absolute atomic E-state index is 0.0125. The fourth-order valence-electron chi connectivity index (χ4n) is 4.89. The van der Waals surface area contributed by atoms with Crippen LogP contribution in [0.3, 0.4) is 0 Å². The van der Waals surface area contributed by atoms with Crippen LogP contribution in [0.15, 0.2) is 48.5 Å². The monoisotopic (exact) mass is 590 g/mol. The Labute approximate surface area is 247 Å². The molecular formula is C32H30O11. The molecule has 0 saturated heterocycles. The zero-order valence-corrected chi connectivity index (χ0v) is 23.9. The highest BCUT2D eigenvalue weighted by atomic mass is 16.7. The molecule has 0 bridgehead atoms. The predicted molar refractivity (Wildman–Crippen MR) is 152 cm³/mol. The number of benzene rings is 3. The maximum absolute atomic E-state index is 14.5. The van der Waals surface area contributed by atoms with Crippen LogP contribution < -0.4 is 14.2 Å². The van der Waals surface area contributed by atoms with E-state index < -0.39 is 29.1 Å². The number of aliphatic carboxylic acids is 1. The van der Waals surface area contributed by atoms with Gasteiger partial charge in [0.1, 0.15) is 17.2 Å². The van der Waals surface area contributed by atoms with Crippen LogP contribution in [-0.4, -0.2) is 69.1 Å². The fraction of sp³-hybridized carbons (Fsp3) is 0.281. The number of carbonyl (C=O) groups excluding carboxylic acids is 4. The summed E-state index contributed by atoms with van der Waals surface area (Å²) in [5, 5.41) is 8.93. The summed E-state index contributed by atoms with van der Waals surface area (Å²) in [4.78, 5) is 66.4. The lowest BCUT2D eigenvalue weighted by atomic mass is 9.79. The van der Waals surface area contributed by atoms with Crippen LogP contribution >= 0.6 is 0 Å². The van der Waals surface area contributed by atoms with Crippen LogP contribution in [0.5, 0.6) is 17.2 Å². The van der Waals surface area contributed by atoms with Crippen LogP contribution in [-0.2, 0) is 14.3 Å². The SMILES string of the molecule is COCOc1cc2c(c(C(=O)c3c(OCOC)cccc3C(=O)CCCCC(=O)O)c1)C(=O)c1c(OC)cccc1C2=O. The van der Waals surface area contributed by atoms with Gasteiger partial charge < -0.3 is 28.8 Å². The molecule has 224 valence electrons. The Kier molecular flexibility index (Phi) is 10.0. The van der Waals surface area contributed by atoms with E-state index in [2.05, 4.69) is 0 Å². The molecule has 1 N–H and O–H groups in total. The molecule has 1 aliphatic carbocycles. The minimum atomic E-state index is -0.976. The predicted octanol–water partition coefficient (Wildman–Crippen LogP) is 4.49. The van der Waals surface area contributed by atoms with E-state index in [1.165, 1.54) is 57.7 Å². The Morgan fingerprint density at radius 3 is 2.09 bits per heavy atom. The van der Waals surface area contributed by atoms with Crippen molar-refractivity contribution in [2.24, 2.45) is 0 Å². The fourth-order valence-corrected chi connectivity index (χ4v) is 4.89. The maximum atomic E-state index is 14.5. The molecule has 11 heteroatoms. The third-order valence-electron chi connectivity index (χ3n) is 6.82. The van der Waals surface area contributed by atoms with Gasteiger partial charge in [0.15, 0.2) is 36.7 Å². The summed E-state index contributed by atoms with van der Waals surface area (Å²) in [7, 11) is 4.16. The van der Waals surface area contributed by atoms with E-state index in [0.29, 0.717) is 0 Å². The molecule has 1 aliphatic rings. The first-order valence-electron chi connectivity index (χ1n) is 13.3. The number of Topliss-reactive ketones (excluding diaryl/α,β-unsaturated/α-hetero) is 1. The van der Waals surface area contributed by atoms with Crippen LogP contribution in [0.2, 0.25) is 0 Å². The number of carboxylic acid groups (broad SMARTS) is 1. The summed E-state index contributed by atoms with van der Waals surface area (Å²) < 4.78 is 26.6. The zero-order valence-electron chi connectivity index (χ0n) is 23.9. The van der Waals surface area contributed by atoms with Gasteiger partial charge in [0, 0.05) is 54.9 Å². The highest BCUT2D eigenvalue weighted by Crippen LogP contribution is 2.38. The van der Waals surface area contributed by atoms with Gasteiger partial charge in [-0.3, -0.25) is 24.0 Å². The molecule has 3 aromatic rings. The number of carboxylic acids is 1. The Balaban J connectivity index is 1.90. The Hall–Kier alpha value is -4.87. The number of methoxy groups -OCH3 is 3. The van der Waals surface area contributed by atoms with E-state index in [1.807, 2.05) is 0 Å². The minimum Gasteiger partial charge on any atom is -0.496 e. The van der Waals surface area contributed by atoms with Crippen molar-refractivity contribution in [1.82, 2.24) is 0 Å². The molecular weight excluding hydrogens is 560 g/mol. The van der Waals surface area contributed by atoms with Crippen LogP contribution in [0.25, 0.3) is 0 Å². The molecule has 0 atom stereocenters. The van der Waals surface area contributed by atoms with Crippen molar-refractivity contribution in [1.29, 1.82) is 0 Å². The van der Waals surface area contributed by atoms with E-state index in [1.54, 1.807) is 12.1 Å². The largest absolute Gasteiger partial charge is 0.496 e. The van der Waals surface area contributed by atoms with Gasteiger partial charge in [-0.15, -0.1) is 0 Å². The van der Waals surface area contributed by atoms with Gasteiger partial charge in [0.25, 0.3) is 0 Å². The van der Waals surface area contributed by atoms with Crippen molar-refractivity contribution in [2.75, 3.05) is 34.9 Å². The molecule has 0 aliphatic heterocycles. The Morgan fingerprint density at radius 2 is 1.40 bits per heavy atom. The van der Waals surface area contributed by atoms with Crippen molar-refractivity contribution in [3.63, 3.8) is 0 Å². The lowest BCUT2D eigenvalue weighted by Gasteiger charge is -2.23. The van der Waals surface area contributed by atoms with Crippen molar-refractivity contribution in [3.8, 4) is 17.2 Å². The summed E-state index contributed by atoms with van der Waals surface area (Å²) in [5.41, 5.74) is -0.413. The summed E-state index contributed by atoms with van der Waals surface area (Å²) in [6, 6.07) is 11.8. The molecule has 4 rings (SSSR count). The topological polar surface area (TPSA) is 152 Å². The number of carbonyl (C=O) groups is 5. The Morgan fingerprint density at radius 1 is 0.721 bits per heavy atom. The third-order valence-corrected chi connectivity index (χ3v) is 6.82. The summed E-state index contributed by atoms with van der Waals surface area (Å²) in [5.74, 6) is -3.01. The average Bonchev–Trinajstić information content (AvgIpc) is 3.01. The van der Waals surface area contributed by atoms with E-state index in [4.69, 9.17) is 28.8 Å². The Bertz CT molecular complexity index is 1590. The highest BCUT2D eigenvalue weighted by Gasteiger charge is 2.37. The number of hydrogen-bond donors (Lipinski definition) is 1. The van der Waals surface area contributed by atoms with Gasteiger partial charge in [-0.2, -0.15) is 0 Å². The van der Waals surface area contributed by atoms with Gasteiger partial charge in [0.05, 0.1) is 18.2 Å². The number of ether oxygens (including phenoxy) is 5. The molecule has 0 heterocycles. The average molecular weight is 591 g/mol. The molecule has 0 aromatic heterocycles. The third kappa shape index (κ3) is 6.47. The highest BCUT2D eigenvalue weighted by molar-refractivity contribution is 6.33. The first-order valence-corrected chi connectivity index (χ1v) is 13.3. The van der Waals surface area contributed by atoms with E-state index in [0.717, 1.165) is 0 Å². The molecule has 0 fully saturated rings. The van der Waals surface area contributed by atoms with Gasteiger partial charge >= 0.3 is 5.97 Å². The van der Waals surface area contributed by atoms with Crippen molar-refractivity contribution < 1.29 is 52.8 Å². The maximum Gasteiger partial charge on any atom is 0.303 e. The second-order valence-corrected chi connectivity index (χ2v) is 9.57. The number of fused-ring (bicyclic) bond motifs is 2. The molecule has 0 unspecified atom stereocenters. The van der Waals surface area contributed by atoms with Crippen LogP contribution in [0, 0.1) is 0 Å².